The summed E-state index contributed by atoms with van der Waals surface area (Å²) in [6, 6.07) is 11.6. The molecule has 0 unspecified atom stereocenters. The molecule has 2 amide bonds. The first-order valence-corrected chi connectivity index (χ1v) is 8.01. The summed E-state index contributed by atoms with van der Waals surface area (Å²) in [5.74, 6) is -0.365. The van der Waals surface area contributed by atoms with E-state index in [9.17, 15) is 9.59 Å². The highest BCUT2D eigenvalue weighted by Gasteiger charge is 2.17. The maximum Gasteiger partial charge on any atom is 0.244 e. The average Bonchev–Trinajstić information content (AvgIpc) is 2.51. The Morgan fingerprint density at radius 3 is 2.08 bits per heavy atom. The number of aryl methyl sites for hydroxylation is 4. The third kappa shape index (κ3) is 4.02. The second-order valence-electron chi connectivity index (χ2n) is 6.19. The number of benzene rings is 2. The van der Waals surface area contributed by atoms with Crippen LogP contribution in [0.2, 0.25) is 0 Å². The van der Waals surface area contributed by atoms with Crippen LogP contribution in [0.15, 0.2) is 36.4 Å². The molecular weight excluding hydrogens is 300 g/mol. The standard InChI is InChI=1S/C20H24N2O2/c1-13-9-10-18(11-16(13)4)22(17(5)23)12-19(24)21-20-14(2)7-6-8-15(20)3/h6-11H,12H2,1-5H3,(H,21,24). The molecule has 1 N–H and O–H groups in total. The van der Waals surface area contributed by atoms with E-state index < -0.39 is 0 Å². The van der Waals surface area contributed by atoms with E-state index in [0.29, 0.717) is 0 Å². The van der Waals surface area contributed by atoms with E-state index in [1.54, 1.807) is 0 Å². The summed E-state index contributed by atoms with van der Waals surface area (Å²) in [5, 5.41) is 2.93. The first-order valence-electron chi connectivity index (χ1n) is 8.01. The fraction of sp³-hybridized carbons (Fsp3) is 0.300. The molecule has 0 heterocycles. The van der Waals surface area contributed by atoms with Gasteiger partial charge in [-0.25, -0.2) is 0 Å². The predicted octanol–water partition coefficient (Wildman–Crippen LogP) is 3.91. The molecule has 4 nitrogen and oxygen atoms in total. The molecule has 0 bridgehead atoms. The van der Waals surface area contributed by atoms with Crippen LogP contribution in [0.4, 0.5) is 11.4 Å². The molecular formula is C20H24N2O2. The minimum absolute atomic E-state index is 0.00832. The second kappa shape index (κ2) is 7.30. The van der Waals surface area contributed by atoms with Crippen LogP contribution in [-0.2, 0) is 9.59 Å². The Morgan fingerprint density at radius 1 is 0.917 bits per heavy atom. The summed E-state index contributed by atoms with van der Waals surface area (Å²) in [5.41, 5.74) is 5.80. The zero-order valence-electron chi connectivity index (χ0n) is 14.9. The Hall–Kier alpha value is -2.62. The first kappa shape index (κ1) is 17.7. The molecule has 0 spiro atoms. The molecule has 0 saturated heterocycles. The number of hydrogen-bond donors (Lipinski definition) is 1. The van der Waals surface area contributed by atoms with Gasteiger partial charge in [0.2, 0.25) is 11.8 Å². The molecule has 0 fully saturated rings. The Morgan fingerprint density at radius 2 is 1.54 bits per heavy atom. The van der Waals surface area contributed by atoms with E-state index in [2.05, 4.69) is 5.32 Å². The summed E-state index contributed by atoms with van der Waals surface area (Å²) >= 11 is 0. The van der Waals surface area contributed by atoms with Crippen molar-refractivity contribution < 1.29 is 9.59 Å². The number of carbonyl (C=O) groups excluding carboxylic acids is 2. The highest BCUT2D eigenvalue weighted by Crippen LogP contribution is 2.21. The number of para-hydroxylation sites is 1. The lowest BCUT2D eigenvalue weighted by Crippen LogP contribution is -2.37. The van der Waals surface area contributed by atoms with Crippen LogP contribution in [0.1, 0.15) is 29.2 Å². The molecule has 2 aromatic carbocycles. The van der Waals surface area contributed by atoms with Crippen molar-refractivity contribution in [1.29, 1.82) is 0 Å². The molecule has 0 aliphatic rings. The van der Waals surface area contributed by atoms with E-state index in [1.165, 1.54) is 11.8 Å². The van der Waals surface area contributed by atoms with Crippen molar-refractivity contribution in [3.8, 4) is 0 Å². The summed E-state index contributed by atoms with van der Waals surface area (Å²) in [4.78, 5) is 26.0. The van der Waals surface area contributed by atoms with Crippen LogP contribution in [-0.4, -0.2) is 18.4 Å². The van der Waals surface area contributed by atoms with Crippen molar-refractivity contribution >= 4 is 23.2 Å². The van der Waals surface area contributed by atoms with Crippen LogP contribution in [0.25, 0.3) is 0 Å². The van der Waals surface area contributed by atoms with Crippen molar-refractivity contribution in [2.24, 2.45) is 0 Å². The van der Waals surface area contributed by atoms with Crippen LogP contribution in [0.3, 0.4) is 0 Å². The van der Waals surface area contributed by atoms with Gasteiger partial charge in [-0.3, -0.25) is 9.59 Å². The molecule has 0 aliphatic heterocycles. The van der Waals surface area contributed by atoms with Gasteiger partial charge >= 0.3 is 0 Å². The van der Waals surface area contributed by atoms with E-state index in [-0.39, 0.29) is 18.4 Å². The predicted molar refractivity (Wildman–Crippen MR) is 98.5 cm³/mol. The van der Waals surface area contributed by atoms with Gasteiger partial charge in [0.25, 0.3) is 0 Å². The lowest BCUT2D eigenvalue weighted by molar-refractivity contribution is -0.120. The van der Waals surface area contributed by atoms with E-state index in [0.717, 1.165) is 33.6 Å². The number of hydrogen-bond acceptors (Lipinski definition) is 2. The molecule has 24 heavy (non-hydrogen) atoms. The Balaban J connectivity index is 2.20. The maximum atomic E-state index is 12.5. The topological polar surface area (TPSA) is 49.4 Å². The highest BCUT2D eigenvalue weighted by molar-refractivity contribution is 6.02. The fourth-order valence-electron chi connectivity index (χ4n) is 2.61. The normalized spacial score (nSPS) is 10.4. The van der Waals surface area contributed by atoms with Crippen LogP contribution in [0.5, 0.6) is 0 Å². The number of nitrogens with zero attached hydrogens (tertiary/aromatic N) is 1. The SMILES string of the molecule is CC(=O)N(CC(=O)Nc1c(C)cccc1C)c1ccc(C)c(C)c1. The van der Waals surface area contributed by atoms with Gasteiger partial charge in [0, 0.05) is 18.3 Å². The van der Waals surface area contributed by atoms with Gasteiger partial charge in [-0.15, -0.1) is 0 Å². The smallest absolute Gasteiger partial charge is 0.244 e. The van der Waals surface area contributed by atoms with Gasteiger partial charge < -0.3 is 10.2 Å². The summed E-state index contributed by atoms with van der Waals surface area (Å²) in [6.07, 6.45) is 0. The molecule has 4 heteroatoms. The maximum absolute atomic E-state index is 12.5. The Bertz CT molecular complexity index is 761. The van der Waals surface area contributed by atoms with Gasteiger partial charge in [0.15, 0.2) is 0 Å². The van der Waals surface area contributed by atoms with Crippen LogP contribution >= 0.6 is 0 Å². The van der Waals surface area contributed by atoms with Crippen molar-refractivity contribution in [2.45, 2.75) is 34.6 Å². The van der Waals surface area contributed by atoms with Crippen molar-refractivity contribution in [1.82, 2.24) is 0 Å². The van der Waals surface area contributed by atoms with Crippen molar-refractivity contribution in [3.05, 3.63) is 58.7 Å². The summed E-state index contributed by atoms with van der Waals surface area (Å²) in [7, 11) is 0. The van der Waals surface area contributed by atoms with Gasteiger partial charge in [-0.2, -0.15) is 0 Å². The quantitative estimate of drug-likeness (QED) is 0.927. The zero-order chi connectivity index (χ0) is 17.9. The van der Waals surface area contributed by atoms with Gasteiger partial charge in [0.1, 0.15) is 6.54 Å². The monoisotopic (exact) mass is 324 g/mol. The molecule has 126 valence electrons. The minimum Gasteiger partial charge on any atom is -0.324 e. The van der Waals surface area contributed by atoms with Crippen LogP contribution in [0, 0.1) is 27.7 Å². The third-order valence-corrected chi connectivity index (χ3v) is 4.23. The number of carbonyl (C=O) groups is 2. The lowest BCUT2D eigenvalue weighted by Gasteiger charge is -2.22. The summed E-state index contributed by atoms with van der Waals surface area (Å²) in [6.45, 7) is 9.38. The largest absolute Gasteiger partial charge is 0.324 e. The molecule has 2 rings (SSSR count). The molecule has 0 aromatic heterocycles. The number of anilines is 2. The van der Waals surface area contributed by atoms with Gasteiger partial charge in [-0.05, 0) is 62.1 Å². The number of amides is 2. The van der Waals surface area contributed by atoms with E-state index in [1.807, 2.05) is 64.1 Å². The van der Waals surface area contributed by atoms with Crippen molar-refractivity contribution in [3.63, 3.8) is 0 Å². The number of nitrogens with one attached hydrogen (secondary N) is 1. The second-order valence-corrected chi connectivity index (χ2v) is 6.19. The molecule has 2 aromatic rings. The molecule has 0 radical (unpaired) electrons. The zero-order valence-corrected chi connectivity index (χ0v) is 14.9. The number of rotatable bonds is 4. The van der Waals surface area contributed by atoms with E-state index in [4.69, 9.17) is 0 Å². The first-order chi connectivity index (χ1) is 11.3. The van der Waals surface area contributed by atoms with E-state index >= 15 is 0 Å². The minimum atomic E-state index is -0.208. The van der Waals surface area contributed by atoms with Crippen LogP contribution < -0.4 is 10.2 Å². The Labute approximate surface area is 143 Å². The Kier molecular flexibility index (Phi) is 5.39. The van der Waals surface area contributed by atoms with Gasteiger partial charge in [0.05, 0.1) is 0 Å². The molecule has 0 aliphatic carbocycles. The third-order valence-electron chi connectivity index (χ3n) is 4.23. The summed E-state index contributed by atoms with van der Waals surface area (Å²) < 4.78 is 0. The lowest BCUT2D eigenvalue weighted by atomic mass is 10.1. The highest BCUT2D eigenvalue weighted by atomic mass is 16.2. The average molecular weight is 324 g/mol. The molecule has 0 saturated carbocycles. The molecule has 0 atom stereocenters. The fourth-order valence-corrected chi connectivity index (χ4v) is 2.61. The van der Waals surface area contributed by atoms with Gasteiger partial charge in [-0.1, -0.05) is 24.3 Å². The van der Waals surface area contributed by atoms with Crippen molar-refractivity contribution in [2.75, 3.05) is 16.8 Å².